The van der Waals surface area contributed by atoms with E-state index in [-0.39, 0.29) is 28.6 Å². The number of pyridine rings is 1. The van der Waals surface area contributed by atoms with Crippen LogP contribution in [0.2, 0.25) is 5.02 Å². The number of hydrazine groups is 1. The van der Waals surface area contributed by atoms with Crippen LogP contribution in [0.1, 0.15) is 33.9 Å². The molecule has 1 fully saturated rings. The molecule has 3 aromatic rings. The molecular formula is C20H17ClFN5O3S. The van der Waals surface area contributed by atoms with Crippen LogP contribution in [0.4, 0.5) is 4.39 Å². The van der Waals surface area contributed by atoms with E-state index in [1.165, 1.54) is 12.3 Å². The number of hydrogen-bond donors (Lipinski definition) is 1. The van der Waals surface area contributed by atoms with E-state index in [4.69, 9.17) is 11.6 Å². The Bertz CT molecular complexity index is 1260. The molecule has 8 nitrogen and oxygen atoms in total. The number of amides is 1. The predicted octanol–water partition coefficient (Wildman–Crippen LogP) is 2.88. The first-order chi connectivity index (χ1) is 14.9. The molecule has 0 aliphatic carbocycles. The molecule has 1 aromatic carbocycles. The van der Waals surface area contributed by atoms with Gasteiger partial charge in [-0.1, -0.05) is 35.1 Å². The highest BCUT2D eigenvalue weighted by Crippen LogP contribution is 2.30. The second-order valence-electron chi connectivity index (χ2n) is 7.44. The number of rotatable bonds is 3. The van der Waals surface area contributed by atoms with Gasteiger partial charge < -0.3 is 9.67 Å². The van der Waals surface area contributed by atoms with Crippen LogP contribution in [0.15, 0.2) is 29.2 Å². The van der Waals surface area contributed by atoms with Gasteiger partial charge in [0.25, 0.3) is 5.91 Å². The van der Waals surface area contributed by atoms with Crippen molar-refractivity contribution in [3.8, 4) is 16.3 Å². The highest BCUT2D eigenvalue weighted by atomic mass is 35.5. The van der Waals surface area contributed by atoms with Gasteiger partial charge in [-0.15, -0.1) is 10.2 Å². The van der Waals surface area contributed by atoms with Crippen molar-refractivity contribution >= 4 is 28.8 Å². The first-order valence-corrected chi connectivity index (χ1v) is 10.9. The minimum atomic E-state index is -0.679. The maximum absolute atomic E-state index is 14.2. The summed E-state index contributed by atoms with van der Waals surface area (Å²) in [5.41, 5.74) is -0.176. The zero-order chi connectivity index (χ0) is 21.7. The maximum atomic E-state index is 14.2. The van der Waals surface area contributed by atoms with Crippen LogP contribution in [-0.4, -0.2) is 48.9 Å². The second-order valence-corrected chi connectivity index (χ2v) is 8.91. The summed E-state index contributed by atoms with van der Waals surface area (Å²) in [5.74, 6) is -1.50. The zero-order valence-electron chi connectivity index (χ0n) is 16.2. The lowest BCUT2D eigenvalue weighted by Crippen LogP contribution is -2.55. The molecule has 31 heavy (non-hydrogen) atoms. The summed E-state index contributed by atoms with van der Waals surface area (Å²) in [6.07, 6.45) is 3.55. The number of carbonyl (C=O) groups excluding carboxylic acids is 1. The van der Waals surface area contributed by atoms with Crippen molar-refractivity contribution in [2.24, 2.45) is 0 Å². The lowest BCUT2D eigenvalue weighted by atomic mass is 10.1. The fourth-order valence-electron chi connectivity index (χ4n) is 3.91. The number of benzene rings is 1. The Kier molecular flexibility index (Phi) is 4.99. The molecule has 1 saturated heterocycles. The average Bonchev–Trinajstić information content (AvgIpc) is 3.22. The highest BCUT2D eigenvalue weighted by Gasteiger charge is 2.35. The van der Waals surface area contributed by atoms with E-state index in [0.717, 1.165) is 30.7 Å². The Morgan fingerprint density at radius 2 is 2.00 bits per heavy atom. The molecule has 11 heteroatoms. The van der Waals surface area contributed by atoms with Crippen molar-refractivity contribution < 1.29 is 14.3 Å². The number of carbonyl (C=O) groups is 1. The largest absolute Gasteiger partial charge is 0.503 e. The van der Waals surface area contributed by atoms with Crippen LogP contribution in [-0.2, 0) is 13.1 Å². The Morgan fingerprint density at radius 1 is 1.19 bits per heavy atom. The molecule has 5 rings (SSSR count). The van der Waals surface area contributed by atoms with E-state index in [0.29, 0.717) is 28.8 Å². The Hall–Kier alpha value is -2.82. The monoisotopic (exact) mass is 461 g/mol. The van der Waals surface area contributed by atoms with E-state index >= 15 is 0 Å². The second kappa shape index (κ2) is 7.70. The third-order valence-corrected chi connectivity index (χ3v) is 6.71. The van der Waals surface area contributed by atoms with Crippen LogP contribution in [0, 0.1) is 5.82 Å². The number of halogens is 2. The summed E-state index contributed by atoms with van der Waals surface area (Å²) < 4.78 is 15.8. The van der Waals surface area contributed by atoms with Crippen molar-refractivity contribution in [1.82, 2.24) is 24.8 Å². The van der Waals surface area contributed by atoms with Crippen molar-refractivity contribution in [2.45, 2.75) is 25.9 Å². The standard InChI is InChI=1S/C20H17ClFN5O3S/c21-13-5-3-4-11(15(13)22)8-14-23-24-19(31-14)12-9-25-10-26-6-1-2-7-27(26)20(30)16(25)18(29)17(12)28/h3-5,9,29H,1-2,6-8,10H2. The molecule has 2 aromatic heterocycles. The number of fused-ring (bicyclic) bond motifs is 2. The predicted molar refractivity (Wildman–Crippen MR) is 112 cm³/mol. The Labute approximate surface area is 185 Å². The molecule has 0 bridgehead atoms. The number of aromatic hydroxyl groups is 1. The van der Waals surface area contributed by atoms with E-state index in [9.17, 15) is 19.1 Å². The first-order valence-electron chi connectivity index (χ1n) is 9.73. The molecule has 0 radical (unpaired) electrons. The molecule has 4 heterocycles. The summed E-state index contributed by atoms with van der Waals surface area (Å²) >= 11 is 6.96. The van der Waals surface area contributed by atoms with E-state index in [1.807, 2.05) is 5.01 Å². The molecule has 1 amide bonds. The minimum absolute atomic E-state index is 0.0161. The van der Waals surface area contributed by atoms with E-state index in [2.05, 4.69) is 10.2 Å². The third kappa shape index (κ3) is 3.40. The first kappa shape index (κ1) is 20.1. The minimum Gasteiger partial charge on any atom is -0.503 e. The quantitative estimate of drug-likeness (QED) is 0.645. The molecule has 1 N–H and O–H groups in total. The van der Waals surface area contributed by atoms with Crippen molar-refractivity contribution in [3.05, 3.63) is 61.7 Å². The van der Waals surface area contributed by atoms with E-state index < -0.39 is 17.0 Å². The topological polar surface area (TPSA) is 91.6 Å². The molecule has 0 saturated carbocycles. The van der Waals surface area contributed by atoms with Crippen molar-refractivity contribution in [1.29, 1.82) is 0 Å². The smallest absolute Gasteiger partial charge is 0.288 e. The van der Waals surface area contributed by atoms with Gasteiger partial charge in [-0.3, -0.25) is 14.6 Å². The lowest BCUT2D eigenvalue weighted by molar-refractivity contribution is -0.0620. The lowest BCUT2D eigenvalue weighted by Gasteiger charge is -2.43. The van der Waals surface area contributed by atoms with Gasteiger partial charge in [-0.2, -0.15) is 5.01 Å². The third-order valence-electron chi connectivity index (χ3n) is 5.46. The number of hydrogen-bond acceptors (Lipinski definition) is 7. The van der Waals surface area contributed by atoms with Crippen molar-refractivity contribution in [3.63, 3.8) is 0 Å². The van der Waals surface area contributed by atoms with Gasteiger partial charge in [0.05, 0.1) is 17.3 Å². The van der Waals surface area contributed by atoms with Gasteiger partial charge in [0.1, 0.15) is 10.8 Å². The van der Waals surface area contributed by atoms with Gasteiger partial charge in [0.2, 0.25) is 5.43 Å². The summed E-state index contributed by atoms with van der Waals surface area (Å²) in [5, 5.41) is 23.0. The maximum Gasteiger partial charge on any atom is 0.288 e. The molecule has 2 aliphatic rings. The Balaban J connectivity index is 1.51. The number of aromatic nitrogens is 3. The molecular weight excluding hydrogens is 445 g/mol. The van der Waals surface area contributed by atoms with Crippen LogP contribution in [0.3, 0.4) is 0 Å². The van der Waals surface area contributed by atoms with Crippen LogP contribution in [0.25, 0.3) is 10.6 Å². The normalized spacial score (nSPS) is 16.3. The van der Waals surface area contributed by atoms with Gasteiger partial charge in [-0.05, 0) is 24.5 Å². The van der Waals surface area contributed by atoms with Crippen LogP contribution >= 0.6 is 22.9 Å². The average molecular weight is 462 g/mol. The molecule has 160 valence electrons. The van der Waals surface area contributed by atoms with Gasteiger partial charge >= 0.3 is 0 Å². The summed E-state index contributed by atoms with van der Waals surface area (Å²) in [7, 11) is 0. The zero-order valence-corrected chi connectivity index (χ0v) is 17.8. The SMILES string of the molecule is O=C1c2c(O)c(=O)c(-c3nnc(Cc4cccc(Cl)c4F)s3)cn2CN2CCCCN12. The Morgan fingerprint density at radius 3 is 2.84 bits per heavy atom. The number of nitrogens with zero attached hydrogens (tertiary/aromatic N) is 5. The fourth-order valence-corrected chi connectivity index (χ4v) is 4.98. The summed E-state index contributed by atoms with van der Waals surface area (Å²) in [4.78, 5) is 25.7. The molecule has 0 spiro atoms. The van der Waals surface area contributed by atoms with Gasteiger partial charge in [0, 0.05) is 25.7 Å². The molecule has 2 aliphatic heterocycles. The van der Waals surface area contributed by atoms with Crippen LogP contribution < -0.4 is 5.43 Å². The molecule has 0 atom stereocenters. The summed E-state index contributed by atoms with van der Waals surface area (Å²) in [6, 6.07) is 4.73. The van der Waals surface area contributed by atoms with E-state index in [1.54, 1.807) is 21.7 Å². The molecule has 0 unspecified atom stereocenters. The van der Waals surface area contributed by atoms with Crippen LogP contribution in [0.5, 0.6) is 5.75 Å². The van der Waals surface area contributed by atoms with Gasteiger partial charge in [-0.25, -0.2) is 4.39 Å². The highest BCUT2D eigenvalue weighted by molar-refractivity contribution is 7.14. The van der Waals surface area contributed by atoms with Gasteiger partial charge in [0.15, 0.2) is 16.5 Å². The summed E-state index contributed by atoms with van der Waals surface area (Å²) in [6.45, 7) is 1.64. The van der Waals surface area contributed by atoms with Crippen molar-refractivity contribution in [2.75, 3.05) is 13.1 Å². The fraction of sp³-hybridized carbons (Fsp3) is 0.300.